The van der Waals surface area contributed by atoms with Gasteiger partial charge in [-0.15, -0.1) is 0 Å². The Bertz CT molecular complexity index is 859. The number of rotatable bonds is 6. The number of para-hydroxylation sites is 1. The van der Waals surface area contributed by atoms with Gasteiger partial charge in [-0.2, -0.15) is 0 Å². The number of amides is 2. The molecule has 0 unspecified atom stereocenters. The first kappa shape index (κ1) is 20.3. The smallest absolute Gasteiger partial charge is 0.255 e. The summed E-state index contributed by atoms with van der Waals surface area (Å²) >= 11 is 0. The molecule has 2 saturated heterocycles. The largest absolute Gasteiger partial charge is 0.356 e. The normalized spacial score (nSPS) is 17.7. The molecule has 0 atom stereocenters. The Labute approximate surface area is 177 Å². The number of hydrogen-bond acceptors (Lipinski definition) is 5. The molecular weight excluding hydrogens is 378 g/mol. The number of nitrogens with zero attached hydrogens (tertiary/aromatic N) is 3. The molecule has 158 valence electrons. The molecule has 2 aliphatic heterocycles. The summed E-state index contributed by atoms with van der Waals surface area (Å²) in [6, 6.07) is 13.3. The molecule has 30 heavy (non-hydrogen) atoms. The second kappa shape index (κ2) is 9.71. The lowest BCUT2D eigenvalue weighted by Crippen LogP contribution is -2.46. The van der Waals surface area contributed by atoms with Crippen molar-refractivity contribution in [3.8, 4) is 0 Å². The van der Waals surface area contributed by atoms with Crippen molar-refractivity contribution in [3.05, 3.63) is 54.2 Å². The summed E-state index contributed by atoms with van der Waals surface area (Å²) in [6.07, 6.45) is 5.72. The summed E-state index contributed by atoms with van der Waals surface area (Å²) < 4.78 is 0. The number of carbonyl (C=O) groups is 2. The van der Waals surface area contributed by atoms with Crippen LogP contribution in [0.25, 0.3) is 0 Å². The van der Waals surface area contributed by atoms with Crippen LogP contribution in [-0.4, -0.2) is 60.5 Å². The number of aromatic nitrogens is 1. The molecule has 4 rings (SSSR count). The maximum atomic E-state index is 12.9. The van der Waals surface area contributed by atoms with E-state index in [0.717, 1.165) is 63.4 Å². The maximum Gasteiger partial charge on any atom is 0.255 e. The van der Waals surface area contributed by atoms with Gasteiger partial charge in [0.25, 0.3) is 5.91 Å². The van der Waals surface area contributed by atoms with E-state index in [1.807, 2.05) is 42.5 Å². The zero-order chi connectivity index (χ0) is 20.8. The van der Waals surface area contributed by atoms with Crippen LogP contribution in [0.1, 0.15) is 36.0 Å². The van der Waals surface area contributed by atoms with E-state index in [1.165, 1.54) is 0 Å². The molecule has 7 nitrogen and oxygen atoms in total. The lowest BCUT2D eigenvalue weighted by atomic mass is 10.0. The van der Waals surface area contributed by atoms with Gasteiger partial charge >= 0.3 is 0 Å². The molecule has 1 aromatic carbocycles. The number of piperidine rings is 1. The highest BCUT2D eigenvalue weighted by molar-refractivity contribution is 5.99. The van der Waals surface area contributed by atoms with Crippen molar-refractivity contribution in [1.82, 2.24) is 15.2 Å². The van der Waals surface area contributed by atoms with Crippen molar-refractivity contribution in [1.29, 1.82) is 0 Å². The minimum atomic E-state index is -0.0507. The third-order valence-corrected chi connectivity index (χ3v) is 5.78. The van der Waals surface area contributed by atoms with Gasteiger partial charge < -0.3 is 15.5 Å². The van der Waals surface area contributed by atoms with Gasteiger partial charge in [-0.05, 0) is 49.9 Å². The molecule has 0 saturated carbocycles. The van der Waals surface area contributed by atoms with E-state index in [0.29, 0.717) is 12.1 Å². The summed E-state index contributed by atoms with van der Waals surface area (Å²) in [5.74, 6) is 0.738. The molecular formula is C23H29N5O2. The molecule has 1 aromatic heterocycles. The topological polar surface area (TPSA) is 77.6 Å². The van der Waals surface area contributed by atoms with Crippen LogP contribution < -0.4 is 15.5 Å². The second-order valence-corrected chi connectivity index (χ2v) is 8.01. The highest BCUT2D eigenvalue weighted by Gasteiger charge is 2.25. The van der Waals surface area contributed by atoms with Gasteiger partial charge in [0.1, 0.15) is 5.82 Å². The highest BCUT2D eigenvalue weighted by atomic mass is 16.2. The Hall–Kier alpha value is -2.93. The van der Waals surface area contributed by atoms with Crippen LogP contribution >= 0.6 is 0 Å². The molecule has 2 amide bonds. The van der Waals surface area contributed by atoms with Gasteiger partial charge in [0.05, 0.1) is 12.1 Å². The average molecular weight is 408 g/mol. The van der Waals surface area contributed by atoms with Crippen LogP contribution in [-0.2, 0) is 4.79 Å². The van der Waals surface area contributed by atoms with Crippen LogP contribution in [0.4, 0.5) is 11.5 Å². The van der Waals surface area contributed by atoms with E-state index in [4.69, 9.17) is 0 Å². The number of anilines is 2. The SMILES string of the molecule is O=C(CN1CCC(NC(=O)c2cccnc2N2CCCC2)CC1)Nc1ccccc1. The summed E-state index contributed by atoms with van der Waals surface area (Å²) in [5.41, 5.74) is 1.47. The fraction of sp³-hybridized carbons (Fsp3) is 0.435. The first-order valence-corrected chi connectivity index (χ1v) is 10.8. The van der Waals surface area contributed by atoms with Crippen LogP contribution in [0.2, 0.25) is 0 Å². The van der Waals surface area contributed by atoms with Gasteiger partial charge in [-0.25, -0.2) is 4.98 Å². The van der Waals surface area contributed by atoms with E-state index in [1.54, 1.807) is 6.20 Å². The molecule has 2 aromatic rings. The third-order valence-electron chi connectivity index (χ3n) is 5.78. The van der Waals surface area contributed by atoms with Crippen molar-refractivity contribution in [3.63, 3.8) is 0 Å². The van der Waals surface area contributed by atoms with Crippen molar-refractivity contribution < 1.29 is 9.59 Å². The minimum absolute atomic E-state index is 0.00528. The van der Waals surface area contributed by atoms with Gasteiger partial charge in [-0.1, -0.05) is 18.2 Å². The molecule has 2 N–H and O–H groups in total. The average Bonchev–Trinajstić information content (AvgIpc) is 3.30. The van der Waals surface area contributed by atoms with Crippen molar-refractivity contribution in [2.45, 2.75) is 31.7 Å². The number of hydrogen-bond donors (Lipinski definition) is 2. The fourth-order valence-electron chi connectivity index (χ4n) is 4.18. The third kappa shape index (κ3) is 5.16. The van der Waals surface area contributed by atoms with Gasteiger partial charge in [0.2, 0.25) is 5.91 Å². The van der Waals surface area contributed by atoms with E-state index < -0.39 is 0 Å². The Balaban J connectivity index is 1.26. The number of carbonyl (C=O) groups excluding carboxylic acids is 2. The van der Waals surface area contributed by atoms with Gasteiger partial charge in [0.15, 0.2) is 0 Å². The summed E-state index contributed by atoms with van der Waals surface area (Å²) in [4.78, 5) is 34.0. The molecule has 0 spiro atoms. The predicted molar refractivity (Wildman–Crippen MR) is 118 cm³/mol. The first-order valence-electron chi connectivity index (χ1n) is 10.8. The monoisotopic (exact) mass is 407 g/mol. The van der Waals surface area contributed by atoms with Crippen LogP contribution in [0, 0.1) is 0 Å². The van der Waals surface area contributed by atoms with Crippen LogP contribution in [0.3, 0.4) is 0 Å². The lowest BCUT2D eigenvalue weighted by Gasteiger charge is -2.32. The summed E-state index contributed by atoms with van der Waals surface area (Å²) in [6.45, 7) is 3.87. The lowest BCUT2D eigenvalue weighted by molar-refractivity contribution is -0.117. The summed E-state index contributed by atoms with van der Waals surface area (Å²) in [5, 5.41) is 6.11. The minimum Gasteiger partial charge on any atom is -0.356 e. The molecule has 0 bridgehead atoms. The fourth-order valence-corrected chi connectivity index (χ4v) is 4.18. The molecule has 0 aliphatic carbocycles. The molecule has 3 heterocycles. The second-order valence-electron chi connectivity index (χ2n) is 8.01. The zero-order valence-corrected chi connectivity index (χ0v) is 17.2. The van der Waals surface area contributed by atoms with Crippen LogP contribution in [0.5, 0.6) is 0 Å². The van der Waals surface area contributed by atoms with Crippen LogP contribution in [0.15, 0.2) is 48.7 Å². The quantitative estimate of drug-likeness (QED) is 0.769. The number of benzene rings is 1. The van der Waals surface area contributed by atoms with Crippen molar-refractivity contribution in [2.24, 2.45) is 0 Å². The molecule has 2 fully saturated rings. The van der Waals surface area contributed by atoms with Gasteiger partial charge in [-0.3, -0.25) is 14.5 Å². The van der Waals surface area contributed by atoms with E-state index in [-0.39, 0.29) is 17.9 Å². The molecule has 2 aliphatic rings. The van der Waals surface area contributed by atoms with E-state index >= 15 is 0 Å². The number of pyridine rings is 1. The highest BCUT2D eigenvalue weighted by Crippen LogP contribution is 2.22. The molecule has 7 heteroatoms. The first-order chi connectivity index (χ1) is 14.7. The maximum absolute atomic E-state index is 12.9. The number of nitrogens with one attached hydrogen (secondary N) is 2. The van der Waals surface area contributed by atoms with E-state index in [2.05, 4.69) is 25.4 Å². The standard InChI is InChI=1S/C23H29N5O2/c29-21(25-18-7-2-1-3-8-18)17-27-15-10-19(11-16-27)26-23(30)20-9-6-12-24-22(20)28-13-4-5-14-28/h1-3,6-9,12,19H,4-5,10-11,13-17H2,(H,25,29)(H,26,30). The van der Waals surface area contributed by atoms with Crippen molar-refractivity contribution in [2.75, 3.05) is 42.9 Å². The Kier molecular flexibility index (Phi) is 6.59. The Morgan fingerprint density at radius 1 is 0.967 bits per heavy atom. The number of likely N-dealkylation sites (tertiary alicyclic amines) is 1. The Morgan fingerprint density at radius 3 is 2.43 bits per heavy atom. The van der Waals surface area contributed by atoms with Gasteiger partial charge in [0, 0.05) is 44.1 Å². The predicted octanol–water partition coefficient (Wildman–Crippen LogP) is 2.51. The summed E-state index contributed by atoms with van der Waals surface area (Å²) in [7, 11) is 0. The Morgan fingerprint density at radius 2 is 1.70 bits per heavy atom. The molecule has 0 radical (unpaired) electrons. The van der Waals surface area contributed by atoms with Crippen molar-refractivity contribution >= 4 is 23.3 Å². The zero-order valence-electron chi connectivity index (χ0n) is 17.2. The van der Waals surface area contributed by atoms with E-state index in [9.17, 15) is 9.59 Å².